The van der Waals surface area contributed by atoms with Crippen LogP contribution in [0.4, 0.5) is 13.2 Å². The van der Waals surface area contributed by atoms with Crippen LogP contribution in [0.1, 0.15) is 26.7 Å². The van der Waals surface area contributed by atoms with Crippen LogP contribution in [0.15, 0.2) is 0 Å². The Labute approximate surface area is 96.2 Å². The van der Waals surface area contributed by atoms with Gasteiger partial charge in [0, 0.05) is 6.04 Å². The fourth-order valence-corrected chi connectivity index (χ4v) is 1.67. The largest absolute Gasteiger partial charge is 0.481 e. The van der Waals surface area contributed by atoms with E-state index in [1.54, 1.807) is 5.32 Å². The molecule has 0 aromatic rings. The number of carboxylic acid groups (broad SMARTS) is 1. The summed E-state index contributed by atoms with van der Waals surface area (Å²) in [5.74, 6) is -3.49. The number of halogens is 3. The van der Waals surface area contributed by atoms with E-state index in [9.17, 15) is 22.8 Å². The van der Waals surface area contributed by atoms with Crippen LogP contribution in [0.2, 0.25) is 0 Å². The number of carbonyl (C=O) groups is 2. The number of hydrogen-bond acceptors (Lipinski definition) is 2. The number of carboxylic acids is 1. The normalized spacial score (nSPS) is 18.6. The van der Waals surface area contributed by atoms with Gasteiger partial charge in [-0.15, -0.1) is 0 Å². The SMILES string of the molecule is CC(C)(C(=O)O)C(NC(=O)C(F)(F)F)C1CC1. The summed E-state index contributed by atoms with van der Waals surface area (Å²) in [5, 5.41) is 10.8. The van der Waals surface area contributed by atoms with E-state index in [2.05, 4.69) is 0 Å². The van der Waals surface area contributed by atoms with Gasteiger partial charge in [0.2, 0.25) is 0 Å². The molecule has 0 bridgehead atoms. The van der Waals surface area contributed by atoms with Crippen molar-refractivity contribution in [2.75, 3.05) is 0 Å². The molecule has 1 rings (SSSR count). The summed E-state index contributed by atoms with van der Waals surface area (Å²) >= 11 is 0. The maximum Gasteiger partial charge on any atom is 0.471 e. The summed E-state index contributed by atoms with van der Waals surface area (Å²) in [5.41, 5.74) is -1.41. The molecule has 0 radical (unpaired) electrons. The van der Waals surface area contributed by atoms with Crippen molar-refractivity contribution in [1.82, 2.24) is 5.32 Å². The van der Waals surface area contributed by atoms with E-state index >= 15 is 0 Å². The van der Waals surface area contributed by atoms with Gasteiger partial charge in [0.25, 0.3) is 0 Å². The molecule has 0 heterocycles. The minimum absolute atomic E-state index is 0.188. The first-order chi connectivity index (χ1) is 7.56. The van der Waals surface area contributed by atoms with Crippen LogP contribution in [-0.2, 0) is 9.59 Å². The summed E-state index contributed by atoms with van der Waals surface area (Å²) in [4.78, 5) is 21.8. The molecule has 0 spiro atoms. The van der Waals surface area contributed by atoms with E-state index in [1.165, 1.54) is 13.8 Å². The van der Waals surface area contributed by atoms with Gasteiger partial charge in [-0.1, -0.05) is 0 Å². The standard InChI is InChI=1S/C10H14F3NO3/c1-9(2,8(16)17)6(5-3-4-5)14-7(15)10(11,12)13/h5-6H,3-4H2,1-2H3,(H,14,15)(H,16,17). The molecule has 0 aromatic carbocycles. The van der Waals surface area contributed by atoms with Gasteiger partial charge in [0.05, 0.1) is 5.41 Å². The molecule has 17 heavy (non-hydrogen) atoms. The van der Waals surface area contributed by atoms with Crippen LogP contribution >= 0.6 is 0 Å². The van der Waals surface area contributed by atoms with E-state index in [0.717, 1.165) is 0 Å². The molecule has 1 atom stereocenters. The quantitative estimate of drug-likeness (QED) is 0.798. The van der Waals surface area contributed by atoms with Crippen molar-refractivity contribution in [3.63, 3.8) is 0 Å². The molecule has 1 aliphatic rings. The first-order valence-electron chi connectivity index (χ1n) is 5.18. The highest BCUT2D eigenvalue weighted by Gasteiger charge is 2.49. The molecule has 0 aliphatic heterocycles. The van der Waals surface area contributed by atoms with Crippen molar-refractivity contribution in [3.05, 3.63) is 0 Å². The summed E-state index contributed by atoms with van der Waals surface area (Å²) in [6.07, 6.45) is -3.71. The Morgan fingerprint density at radius 1 is 1.29 bits per heavy atom. The third-order valence-electron chi connectivity index (χ3n) is 2.97. The van der Waals surface area contributed by atoms with Gasteiger partial charge >= 0.3 is 18.1 Å². The Morgan fingerprint density at radius 3 is 2.06 bits per heavy atom. The van der Waals surface area contributed by atoms with Crippen LogP contribution in [0.25, 0.3) is 0 Å². The Morgan fingerprint density at radius 2 is 1.76 bits per heavy atom. The van der Waals surface area contributed by atoms with E-state index in [-0.39, 0.29) is 5.92 Å². The number of aliphatic carboxylic acids is 1. The molecule has 7 heteroatoms. The summed E-state index contributed by atoms with van der Waals surface area (Å²) < 4.78 is 36.4. The molecule has 1 aliphatic carbocycles. The second kappa shape index (κ2) is 4.19. The number of hydrogen-bond donors (Lipinski definition) is 2. The highest BCUT2D eigenvalue weighted by atomic mass is 19.4. The summed E-state index contributed by atoms with van der Waals surface area (Å²) in [7, 11) is 0. The van der Waals surface area contributed by atoms with Crippen molar-refractivity contribution in [2.24, 2.45) is 11.3 Å². The minimum atomic E-state index is -4.98. The van der Waals surface area contributed by atoms with Gasteiger partial charge in [0.15, 0.2) is 0 Å². The first kappa shape index (κ1) is 13.8. The number of nitrogens with one attached hydrogen (secondary N) is 1. The lowest BCUT2D eigenvalue weighted by molar-refractivity contribution is -0.176. The topological polar surface area (TPSA) is 66.4 Å². The van der Waals surface area contributed by atoms with Crippen LogP contribution in [0.5, 0.6) is 0 Å². The molecule has 0 saturated heterocycles. The van der Waals surface area contributed by atoms with Gasteiger partial charge < -0.3 is 10.4 Å². The molecule has 98 valence electrons. The highest BCUT2D eigenvalue weighted by Crippen LogP contribution is 2.41. The number of amides is 1. The molecule has 4 nitrogen and oxygen atoms in total. The average molecular weight is 253 g/mol. The van der Waals surface area contributed by atoms with E-state index < -0.39 is 29.5 Å². The lowest BCUT2D eigenvalue weighted by Crippen LogP contribution is -2.53. The van der Waals surface area contributed by atoms with Crippen molar-refractivity contribution in [1.29, 1.82) is 0 Å². The number of carbonyl (C=O) groups excluding carboxylic acids is 1. The maximum atomic E-state index is 12.1. The van der Waals surface area contributed by atoms with Crippen LogP contribution in [0, 0.1) is 11.3 Å². The zero-order chi connectivity index (χ0) is 13.4. The lowest BCUT2D eigenvalue weighted by Gasteiger charge is -2.31. The van der Waals surface area contributed by atoms with Crippen molar-refractivity contribution in [2.45, 2.75) is 38.9 Å². The highest BCUT2D eigenvalue weighted by molar-refractivity contribution is 5.83. The van der Waals surface area contributed by atoms with Crippen molar-refractivity contribution in [3.8, 4) is 0 Å². The molecule has 1 fully saturated rings. The molecular weight excluding hydrogens is 239 g/mol. The predicted molar refractivity (Wildman–Crippen MR) is 52.1 cm³/mol. The minimum Gasteiger partial charge on any atom is -0.481 e. The van der Waals surface area contributed by atoms with Gasteiger partial charge in [-0.3, -0.25) is 9.59 Å². The van der Waals surface area contributed by atoms with Crippen molar-refractivity contribution < 1.29 is 27.9 Å². The molecular formula is C10H14F3NO3. The molecule has 1 saturated carbocycles. The monoisotopic (exact) mass is 253 g/mol. The lowest BCUT2D eigenvalue weighted by atomic mass is 9.81. The zero-order valence-electron chi connectivity index (χ0n) is 9.47. The van der Waals surface area contributed by atoms with Crippen LogP contribution in [0.3, 0.4) is 0 Å². The van der Waals surface area contributed by atoms with E-state index in [0.29, 0.717) is 12.8 Å². The fourth-order valence-electron chi connectivity index (χ4n) is 1.67. The van der Waals surface area contributed by atoms with E-state index in [1.807, 2.05) is 0 Å². The van der Waals surface area contributed by atoms with Gasteiger partial charge in [0.1, 0.15) is 0 Å². The average Bonchev–Trinajstić information content (AvgIpc) is 2.94. The van der Waals surface area contributed by atoms with Crippen LogP contribution < -0.4 is 5.32 Å². The second-order valence-corrected chi connectivity index (χ2v) is 4.81. The third kappa shape index (κ3) is 3.10. The summed E-state index contributed by atoms with van der Waals surface area (Å²) in [6.45, 7) is 2.63. The van der Waals surface area contributed by atoms with E-state index in [4.69, 9.17) is 5.11 Å². The Balaban J connectivity index is 2.81. The predicted octanol–water partition coefficient (Wildman–Crippen LogP) is 1.55. The maximum absolute atomic E-state index is 12.1. The van der Waals surface area contributed by atoms with Gasteiger partial charge in [-0.05, 0) is 32.6 Å². The number of rotatable bonds is 4. The fraction of sp³-hybridized carbons (Fsp3) is 0.800. The molecule has 0 aromatic heterocycles. The second-order valence-electron chi connectivity index (χ2n) is 4.81. The molecule has 1 amide bonds. The smallest absolute Gasteiger partial charge is 0.471 e. The van der Waals surface area contributed by atoms with Gasteiger partial charge in [-0.2, -0.15) is 13.2 Å². The Bertz CT molecular complexity index is 334. The molecule has 2 N–H and O–H groups in total. The Hall–Kier alpha value is -1.27. The summed E-state index contributed by atoms with van der Waals surface area (Å²) in [6, 6.07) is -0.992. The van der Waals surface area contributed by atoms with Crippen molar-refractivity contribution >= 4 is 11.9 Å². The zero-order valence-corrected chi connectivity index (χ0v) is 9.47. The van der Waals surface area contributed by atoms with Gasteiger partial charge in [-0.25, -0.2) is 0 Å². The third-order valence-corrected chi connectivity index (χ3v) is 2.97. The first-order valence-corrected chi connectivity index (χ1v) is 5.18. The van der Waals surface area contributed by atoms with Crippen LogP contribution in [-0.4, -0.2) is 29.2 Å². The molecule has 1 unspecified atom stereocenters. The number of alkyl halides is 3. The Kier molecular flexibility index (Phi) is 3.40.